The van der Waals surface area contributed by atoms with Gasteiger partial charge in [-0.25, -0.2) is 0 Å². The molecule has 1 aromatic heterocycles. The molecule has 0 spiro atoms. The maximum atomic E-state index is 5.69. The fourth-order valence-electron chi connectivity index (χ4n) is 2.20. The molecule has 1 heterocycles. The Morgan fingerprint density at radius 3 is 2.44 bits per heavy atom. The van der Waals surface area contributed by atoms with Crippen LogP contribution in [0.4, 0.5) is 0 Å². The fraction of sp³-hybridized carbons (Fsp3) is 0.769. The van der Waals surface area contributed by atoms with E-state index in [1.165, 1.54) is 5.56 Å². The van der Waals surface area contributed by atoms with E-state index in [0.717, 1.165) is 24.2 Å². The highest BCUT2D eigenvalue weighted by atomic mass is 16.5. The van der Waals surface area contributed by atoms with Gasteiger partial charge in [-0.3, -0.25) is 16.0 Å². The van der Waals surface area contributed by atoms with Crippen LogP contribution in [0.15, 0.2) is 0 Å². The van der Waals surface area contributed by atoms with Crippen molar-refractivity contribution in [3.8, 4) is 0 Å². The van der Waals surface area contributed by atoms with E-state index in [1.54, 1.807) is 7.11 Å². The normalized spacial score (nSPS) is 13.9. The summed E-state index contributed by atoms with van der Waals surface area (Å²) in [4.78, 5) is 0. The molecule has 18 heavy (non-hydrogen) atoms. The average Bonchev–Trinajstić information content (AvgIpc) is 2.56. The Morgan fingerprint density at radius 1 is 1.44 bits per heavy atom. The molecule has 5 heteroatoms. The number of nitrogens with two attached hydrogens (primary N) is 1. The van der Waals surface area contributed by atoms with Crippen LogP contribution in [0, 0.1) is 13.8 Å². The van der Waals surface area contributed by atoms with Crippen LogP contribution < -0.4 is 11.3 Å². The highest BCUT2D eigenvalue weighted by molar-refractivity contribution is 5.28. The molecule has 0 aliphatic carbocycles. The second-order valence-corrected chi connectivity index (χ2v) is 5.43. The van der Waals surface area contributed by atoms with Crippen molar-refractivity contribution in [3.63, 3.8) is 0 Å². The van der Waals surface area contributed by atoms with E-state index in [2.05, 4.69) is 31.3 Å². The molecule has 1 aromatic rings. The van der Waals surface area contributed by atoms with Crippen molar-refractivity contribution < 1.29 is 4.74 Å². The van der Waals surface area contributed by atoms with Crippen LogP contribution in [0.5, 0.6) is 0 Å². The van der Waals surface area contributed by atoms with Gasteiger partial charge in [0.1, 0.15) is 0 Å². The number of aryl methyl sites for hydroxylation is 2. The second-order valence-electron chi connectivity index (χ2n) is 5.43. The van der Waals surface area contributed by atoms with E-state index in [4.69, 9.17) is 10.6 Å². The van der Waals surface area contributed by atoms with E-state index < -0.39 is 0 Å². The van der Waals surface area contributed by atoms with Gasteiger partial charge in [0, 0.05) is 31.5 Å². The molecule has 1 atom stereocenters. The summed E-state index contributed by atoms with van der Waals surface area (Å²) < 4.78 is 7.34. The number of hydrogen-bond donors (Lipinski definition) is 2. The number of hydrazine groups is 1. The van der Waals surface area contributed by atoms with Crippen molar-refractivity contribution in [2.75, 3.05) is 7.11 Å². The van der Waals surface area contributed by atoms with Crippen molar-refractivity contribution in [3.05, 3.63) is 17.0 Å². The van der Waals surface area contributed by atoms with E-state index >= 15 is 0 Å². The first-order chi connectivity index (χ1) is 8.32. The molecular formula is C13H26N4O. The number of aromatic nitrogens is 2. The van der Waals surface area contributed by atoms with Gasteiger partial charge in [0.15, 0.2) is 0 Å². The minimum absolute atomic E-state index is 0.119. The molecule has 0 aliphatic rings. The number of nitrogens with one attached hydrogen (secondary N) is 1. The lowest BCUT2D eigenvalue weighted by molar-refractivity contribution is 0.0116. The van der Waals surface area contributed by atoms with Crippen LogP contribution in [0.25, 0.3) is 0 Å². The van der Waals surface area contributed by atoms with Gasteiger partial charge < -0.3 is 4.74 Å². The number of nitrogens with zero attached hydrogens (tertiary/aromatic N) is 2. The maximum Gasteiger partial charge on any atom is 0.0644 e. The van der Waals surface area contributed by atoms with E-state index in [9.17, 15) is 0 Å². The molecule has 0 aromatic carbocycles. The Kier molecular flexibility index (Phi) is 4.90. The Morgan fingerprint density at radius 2 is 2.06 bits per heavy atom. The second kappa shape index (κ2) is 5.82. The summed E-state index contributed by atoms with van der Waals surface area (Å²) in [7, 11) is 3.70. The van der Waals surface area contributed by atoms with Gasteiger partial charge in [-0.05, 0) is 40.5 Å². The lowest BCUT2D eigenvalue weighted by Crippen LogP contribution is -2.31. The van der Waals surface area contributed by atoms with Crippen molar-refractivity contribution >= 4 is 0 Å². The lowest BCUT2D eigenvalue weighted by Gasteiger charge is -2.26. The smallest absolute Gasteiger partial charge is 0.0644 e. The van der Waals surface area contributed by atoms with Gasteiger partial charge in [-0.1, -0.05) is 0 Å². The standard InChI is InChI=1S/C13H26N4O/c1-9-12(10(2)17(5)16-9)11(15-14)7-8-13(3,4)18-6/h11,15H,7-8,14H2,1-6H3. The topological polar surface area (TPSA) is 65.1 Å². The van der Waals surface area contributed by atoms with E-state index in [-0.39, 0.29) is 11.6 Å². The van der Waals surface area contributed by atoms with Crippen LogP contribution in [-0.2, 0) is 11.8 Å². The molecule has 1 unspecified atom stereocenters. The summed E-state index contributed by atoms with van der Waals surface area (Å²) in [6.07, 6.45) is 1.86. The quantitative estimate of drug-likeness (QED) is 0.599. The van der Waals surface area contributed by atoms with Crippen molar-refractivity contribution in [1.29, 1.82) is 0 Å². The predicted octanol–water partition coefficient (Wildman–Crippen LogP) is 1.75. The van der Waals surface area contributed by atoms with Crippen molar-refractivity contribution in [2.24, 2.45) is 12.9 Å². The van der Waals surface area contributed by atoms with E-state index in [1.807, 2.05) is 18.7 Å². The van der Waals surface area contributed by atoms with Crippen molar-refractivity contribution in [1.82, 2.24) is 15.2 Å². The van der Waals surface area contributed by atoms with Crippen LogP contribution in [0.2, 0.25) is 0 Å². The zero-order chi connectivity index (χ0) is 13.9. The van der Waals surface area contributed by atoms with Crippen LogP contribution in [0.1, 0.15) is 49.7 Å². The number of ether oxygens (including phenoxy) is 1. The van der Waals surface area contributed by atoms with E-state index in [0.29, 0.717) is 0 Å². The fourth-order valence-corrected chi connectivity index (χ4v) is 2.20. The summed E-state index contributed by atoms with van der Waals surface area (Å²) in [5.74, 6) is 5.69. The molecule has 0 aliphatic heterocycles. The Hall–Kier alpha value is -0.910. The molecule has 1 rings (SSSR count). The first kappa shape index (κ1) is 15.1. The molecular weight excluding hydrogens is 228 g/mol. The summed E-state index contributed by atoms with van der Waals surface area (Å²) >= 11 is 0. The number of rotatable bonds is 6. The Bertz CT molecular complexity index is 398. The SMILES string of the molecule is COC(C)(C)CCC(NN)c1c(C)nn(C)c1C. The molecule has 0 fully saturated rings. The van der Waals surface area contributed by atoms with Crippen molar-refractivity contribution in [2.45, 2.75) is 52.2 Å². The highest BCUT2D eigenvalue weighted by Crippen LogP contribution is 2.27. The summed E-state index contributed by atoms with van der Waals surface area (Å²) in [5.41, 5.74) is 6.17. The molecule has 0 saturated heterocycles. The Labute approximate surface area is 110 Å². The zero-order valence-corrected chi connectivity index (χ0v) is 12.4. The van der Waals surface area contributed by atoms with Gasteiger partial charge >= 0.3 is 0 Å². The first-order valence-corrected chi connectivity index (χ1v) is 6.33. The predicted molar refractivity (Wildman–Crippen MR) is 73.1 cm³/mol. The third-order valence-corrected chi connectivity index (χ3v) is 3.70. The maximum absolute atomic E-state index is 5.69. The zero-order valence-electron chi connectivity index (χ0n) is 12.4. The minimum atomic E-state index is -0.126. The molecule has 0 bridgehead atoms. The number of hydrogen-bond acceptors (Lipinski definition) is 4. The van der Waals surface area contributed by atoms with Gasteiger partial charge in [0.2, 0.25) is 0 Å². The largest absolute Gasteiger partial charge is 0.379 e. The third kappa shape index (κ3) is 3.31. The molecule has 104 valence electrons. The monoisotopic (exact) mass is 254 g/mol. The molecule has 3 N–H and O–H groups in total. The average molecular weight is 254 g/mol. The summed E-state index contributed by atoms with van der Waals surface area (Å²) in [5, 5.41) is 4.43. The van der Waals surface area contributed by atoms with Gasteiger partial charge in [0.25, 0.3) is 0 Å². The first-order valence-electron chi connectivity index (χ1n) is 6.33. The lowest BCUT2D eigenvalue weighted by atomic mass is 9.94. The summed E-state index contributed by atoms with van der Waals surface area (Å²) in [6.45, 7) is 8.27. The van der Waals surface area contributed by atoms with Gasteiger partial charge in [-0.2, -0.15) is 5.10 Å². The van der Waals surface area contributed by atoms with Gasteiger partial charge in [0.05, 0.1) is 11.3 Å². The summed E-state index contributed by atoms with van der Waals surface area (Å²) in [6, 6.07) is 0.119. The molecule has 0 amide bonds. The molecule has 0 saturated carbocycles. The van der Waals surface area contributed by atoms with Crippen LogP contribution >= 0.6 is 0 Å². The van der Waals surface area contributed by atoms with Gasteiger partial charge in [-0.15, -0.1) is 0 Å². The highest BCUT2D eigenvalue weighted by Gasteiger charge is 2.23. The Balaban J connectivity index is 2.84. The molecule has 0 radical (unpaired) electrons. The number of methoxy groups -OCH3 is 1. The van der Waals surface area contributed by atoms with Crippen LogP contribution in [0.3, 0.4) is 0 Å². The van der Waals surface area contributed by atoms with Crippen LogP contribution in [-0.4, -0.2) is 22.5 Å². The molecule has 5 nitrogen and oxygen atoms in total. The minimum Gasteiger partial charge on any atom is -0.379 e. The third-order valence-electron chi connectivity index (χ3n) is 3.70.